The van der Waals surface area contributed by atoms with Gasteiger partial charge in [0.05, 0.1) is 62.3 Å². The molecule has 362 valence electrons. The topological polar surface area (TPSA) is 112 Å². The van der Waals surface area contributed by atoms with Crippen LogP contribution in [0.3, 0.4) is 0 Å². The van der Waals surface area contributed by atoms with Gasteiger partial charge < -0.3 is 9.80 Å². The van der Waals surface area contributed by atoms with E-state index in [4.69, 9.17) is 23.2 Å². The van der Waals surface area contributed by atoms with Crippen molar-refractivity contribution in [2.45, 2.75) is 85.7 Å². The van der Waals surface area contributed by atoms with Crippen molar-refractivity contribution in [1.82, 2.24) is 39.1 Å². The number of carbonyl (C=O) groups is 2. The number of hydrogen-bond donors (Lipinski definition) is 0. The molecule has 2 saturated heterocycles. The number of amides is 2. The van der Waals surface area contributed by atoms with E-state index in [1.165, 1.54) is 65.9 Å². The van der Waals surface area contributed by atoms with E-state index in [0.29, 0.717) is 32.1 Å². The Morgan fingerprint density at radius 2 is 1.04 bits per heavy atom. The zero-order valence-electron chi connectivity index (χ0n) is 37.4. The molecule has 2 aliphatic heterocycles. The van der Waals surface area contributed by atoms with E-state index in [0.717, 1.165) is 14.9 Å². The van der Waals surface area contributed by atoms with Gasteiger partial charge in [-0.2, -0.15) is 46.7 Å². The molecule has 4 aromatic heterocycles. The van der Waals surface area contributed by atoms with Crippen LogP contribution in [0.5, 0.6) is 0 Å². The Labute approximate surface area is 408 Å². The van der Waals surface area contributed by atoms with Crippen LogP contribution in [-0.4, -0.2) is 64.0 Å². The highest BCUT2D eigenvalue weighted by molar-refractivity contribution is 14.1. The third kappa shape index (κ3) is 10.5. The lowest BCUT2D eigenvalue weighted by Crippen LogP contribution is -2.29. The SMILES string of the molecule is C/C=C(\C)c1c(N2CCC(n3nc(C(F)(F)F)c(Cl)c3C)C2=O)cnn1-c1ccc(F)cc1.CC=C(C)C.Cc1c(Cl)c(C(F)(F)F)nn1C1CCN(c2cnn(-c3ccc(F)cc3)c2I)C1=O. The number of aromatic nitrogens is 8. The molecular formula is C45H43Cl2F8IN10O2. The van der Waals surface area contributed by atoms with E-state index in [1.807, 2.05) is 49.4 Å². The average Bonchev–Trinajstić information content (AvgIpc) is 4.15. The van der Waals surface area contributed by atoms with Gasteiger partial charge in [-0.05, 0) is 138 Å². The van der Waals surface area contributed by atoms with Crippen molar-refractivity contribution in [3.63, 3.8) is 0 Å². The first-order valence-electron chi connectivity index (χ1n) is 20.7. The molecule has 0 saturated carbocycles. The number of halogens is 11. The number of allylic oxidation sites excluding steroid dienone is 4. The van der Waals surface area contributed by atoms with Gasteiger partial charge in [0, 0.05) is 13.1 Å². The number of nitrogens with zero attached hydrogens (tertiary/aromatic N) is 10. The zero-order valence-corrected chi connectivity index (χ0v) is 41.0. The van der Waals surface area contributed by atoms with Gasteiger partial charge in [0.1, 0.15) is 27.4 Å². The molecule has 6 heterocycles. The third-order valence-electron chi connectivity index (χ3n) is 11.2. The number of anilines is 2. The summed E-state index contributed by atoms with van der Waals surface area (Å²) < 4.78 is 112. The van der Waals surface area contributed by atoms with E-state index in [2.05, 4.69) is 40.3 Å². The molecule has 0 aliphatic carbocycles. The third-order valence-corrected chi connectivity index (χ3v) is 13.1. The Morgan fingerprint density at radius 1 is 0.662 bits per heavy atom. The van der Waals surface area contributed by atoms with E-state index in [-0.39, 0.29) is 49.0 Å². The normalized spacial score (nSPS) is 16.5. The van der Waals surface area contributed by atoms with Gasteiger partial charge in [0.25, 0.3) is 11.8 Å². The fourth-order valence-corrected chi connectivity index (χ4v) is 8.61. The smallest absolute Gasteiger partial charge is 0.307 e. The Balaban J connectivity index is 0.000000204. The summed E-state index contributed by atoms with van der Waals surface area (Å²) in [5, 5.41) is 14.8. The molecule has 0 spiro atoms. The molecule has 2 amide bonds. The molecular weight excluding hydrogens is 1060 g/mol. The highest BCUT2D eigenvalue weighted by Gasteiger charge is 2.44. The molecule has 2 atom stereocenters. The van der Waals surface area contributed by atoms with Gasteiger partial charge >= 0.3 is 12.4 Å². The lowest BCUT2D eigenvalue weighted by Gasteiger charge is -2.19. The van der Waals surface area contributed by atoms with Gasteiger partial charge in [-0.25, -0.2) is 18.1 Å². The van der Waals surface area contributed by atoms with E-state index >= 15 is 0 Å². The number of alkyl halides is 6. The quantitative estimate of drug-likeness (QED) is 0.0894. The summed E-state index contributed by atoms with van der Waals surface area (Å²) in [5.74, 6) is -1.58. The molecule has 12 nitrogen and oxygen atoms in total. The van der Waals surface area contributed by atoms with Gasteiger partial charge in [-0.3, -0.25) is 19.0 Å². The second-order valence-corrected chi connectivity index (χ2v) is 17.6. The van der Waals surface area contributed by atoms with Gasteiger partial charge in [-0.15, -0.1) is 0 Å². The van der Waals surface area contributed by atoms with Gasteiger partial charge in [-0.1, -0.05) is 40.9 Å². The number of benzene rings is 2. The fourth-order valence-electron chi connectivity index (χ4n) is 7.32. The van der Waals surface area contributed by atoms with Crippen LogP contribution in [0.4, 0.5) is 46.5 Å². The van der Waals surface area contributed by atoms with Crippen molar-refractivity contribution in [1.29, 1.82) is 0 Å². The molecule has 2 aliphatic rings. The number of rotatable bonds is 7. The Bertz CT molecular complexity index is 2880. The van der Waals surface area contributed by atoms with Crippen LogP contribution >= 0.6 is 45.8 Å². The first kappa shape index (κ1) is 51.8. The summed E-state index contributed by atoms with van der Waals surface area (Å²) in [6, 6.07) is 9.64. The average molecular weight is 1110 g/mol. The highest BCUT2D eigenvalue weighted by atomic mass is 127. The Kier molecular flexibility index (Phi) is 15.7. The minimum absolute atomic E-state index is 0.0797. The molecule has 2 unspecified atom stereocenters. The molecule has 23 heteroatoms. The van der Waals surface area contributed by atoms with Crippen molar-refractivity contribution in [3.8, 4) is 11.4 Å². The minimum Gasteiger partial charge on any atom is -0.307 e. The maximum absolute atomic E-state index is 13.4. The fraction of sp³-hybridized carbons (Fsp3) is 0.333. The summed E-state index contributed by atoms with van der Waals surface area (Å²) in [7, 11) is 0. The number of hydrogen-bond acceptors (Lipinski definition) is 6. The maximum atomic E-state index is 13.4. The zero-order chi connectivity index (χ0) is 50.2. The van der Waals surface area contributed by atoms with Gasteiger partial charge in [0.2, 0.25) is 0 Å². The molecule has 6 aromatic rings. The lowest BCUT2D eigenvalue weighted by atomic mass is 10.1. The second-order valence-electron chi connectivity index (χ2n) is 15.8. The van der Waals surface area contributed by atoms with Crippen molar-refractivity contribution < 1.29 is 44.7 Å². The van der Waals surface area contributed by atoms with Crippen molar-refractivity contribution in [2.75, 3.05) is 22.9 Å². The molecule has 0 N–H and O–H groups in total. The van der Waals surface area contributed by atoms with Crippen LogP contribution in [0.25, 0.3) is 16.9 Å². The molecule has 0 radical (unpaired) electrons. The molecule has 2 fully saturated rings. The predicted molar refractivity (Wildman–Crippen MR) is 250 cm³/mol. The van der Waals surface area contributed by atoms with E-state index in [9.17, 15) is 44.7 Å². The monoisotopic (exact) mass is 1100 g/mol. The van der Waals surface area contributed by atoms with Crippen LogP contribution in [0, 0.1) is 29.2 Å². The standard InChI is InChI=1S/C22H20ClF4N5O.C18H13ClF4IN5O.C5H10/c1-4-12(2)19-17(11-28-32(19)15-7-5-14(24)6-8-15)30-10-9-16(21(30)33)31-13(3)18(23)20(29-31)22(25,26)27;1-9-14(19)15(18(21,22)23)26-28(9)12-6-7-27(17(12)30)13-8-25-29(16(13)24)11-4-2-10(20)3-5-11;1-4-5(2)3/h4-8,11,16H,9-10H2,1-3H3;2-5,8,12H,6-7H2,1H3;4H,1-3H3/b12-4+;;. The Morgan fingerprint density at radius 3 is 1.43 bits per heavy atom. The predicted octanol–water partition coefficient (Wildman–Crippen LogP) is 12.3. The van der Waals surface area contributed by atoms with E-state index in [1.54, 1.807) is 33.6 Å². The van der Waals surface area contributed by atoms with Crippen LogP contribution in [0.15, 0.2) is 78.6 Å². The summed E-state index contributed by atoms with van der Waals surface area (Å²) in [5.41, 5.74) is 2.82. The molecule has 68 heavy (non-hydrogen) atoms. The molecule has 0 bridgehead atoms. The number of carbonyl (C=O) groups excluding carboxylic acids is 2. The van der Waals surface area contributed by atoms with E-state index < -0.39 is 57.7 Å². The largest absolute Gasteiger partial charge is 0.436 e. The summed E-state index contributed by atoms with van der Waals surface area (Å²) >= 11 is 13.7. The second kappa shape index (κ2) is 20.6. The van der Waals surface area contributed by atoms with Gasteiger partial charge in [0.15, 0.2) is 11.4 Å². The summed E-state index contributed by atoms with van der Waals surface area (Å²) in [6.45, 7) is 13.2. The highest BCUT2D eigenvalue weighted by Crippen LogP contribution is 2.41. The molecule has 2 aromatic carbocycles. The van der Waals surface area contributed by atoms with Crippen LogP contribution in [0.2, 0.25) is 10.0 Å². The molecule has 8 rings (SSSR count). The van der Waals surface area contributed by atoms with Crippen molar-refractivity contribution >= 4 is 74.6 Å². The first-order valence-corrected chi connectivity index (χ1v) is 22.6. The van der Waals surface area contributed by atoms with Crippen molar-refractivity contribution in [2.24, 2.45) is 0 Å². The lowest BCUT2D eigenvalue weighted by molar-refractivity contribution is -0.142. The van der Waals surface area contributed by atoms with Crippen LogP contribution < -0.4 is 9.80 Å². The Hall–Kier alpha value is -5.55. The summed E-state index contributed by atoms with van der Waals surface area (Å²) in [6.07, 6.45) is -1.95. The first-order chi connectivity index (χ1) is 31.9. The van der Waals surface area contributed by atoms with Crippen LogP contribution in [-0.2, 0) is 21.9 Å². The summed E-state index contributed by atoms with van der Waals surface area (Å²) in [4.78, 5) is 29.3. The van der Waals surface area contributed by atoms with Crippen molar-refractivity contribution in [3.05, 3.63) is 132 Å². The minimum atomic E-state index is -4.72. The van der Waals surface area contributed by atoms with Crippen LogP contribution in [0.1, 0.15) is 88.0 Å². The maximum Gasteiger partial charge on any atom is 0.436 e.